The van der Waals surface area contributed by atoms with E-state index in [2.05, 4.69) is 42.3 Å². The molecule has 1 aliphatic rings. The topological polar surface area (TPSA) is 41.8 Å². The van der Waals surface area contributed by atoms with E-state index in [1.807, 2.05) is 12.2 Å². The lowest BCUT2D eigenvalue weighted by atomic mass is 10.1. The van der Waals surface area contributed by atoms with Gasteiger partial charge in [0.25, 0.3) is 0 Å². The van der Waals surface area contributed by atoms with Crippen LogP contribution in [0.3, 0.4) is 0 Å². The van der Waals surface area contributed by atoms with E-state index in [4.69, 9.17) is 5.73 Å². The van der Waals surface area contributed by atoms with Crippen molar-refractivity contribution in [3.05, 3.63) is 47.2 Å². The van der Waals surface area contributed by atoms with Crippen molar-refractivity contribution in [2.45, 2.75) is 13.0 Å². The average Bonchev–Trinajstić information content (AvgIpc) is 2.50. The van der Waals surface area contributed by atoms with Gasteiger partial charge in [0.15, 0.2) is 0 Å². The second-order valence-electron chi connectivity index (χ2n) is 4.30. The molecule has 2 nitrogen and oxygen atoms in total. The van der Waals surface area contributed by atoms with Gasteiger partial charge in [0, 0.05) is 28.2 Å². The SMILES string of the molecule is Cc1ccc2c3c([nH]c2c1)C=CC(N)C=C3. The van der Waals surface area contributed by atoms with Crippen molar-refractivity contribution in [2.75, 3.05) is 0 Å². The Labute approximate surface area is 94.5 Å². The molecule has 0 bridgehead atoms. The van der Waals surface area contributed by atoms with E-state index in [0.717, 1.165) is 5.69 Å². The summed E-state index contributed by atoms with van der Waals surface area (Å²) in [5, 5.41) is 1.26. The van der Waals surface area contributed by atoms with E-state index in [1.165, 1.54) is 22.0 Å². The van der Waals surface area contributed by atoms with Gasteiger partial charge in [0.2, 0.25) is 0 Å². The minimum atomic E-state index is 0.0151. The van der Waals surface area contributed by atoms with Crippen LogP contribution in [0.2, 0.25) is 0 Å². The maximum Gasteiger partial charge on any atom is 0.0467 e. The molecule has 3 rings (SSSR count). The molecular weight excluding hydrogens is 196 g/mol. The zero-order valence-corrected chi connectivity index (χ0v) is 9.20. The van der Waals surface area contributed by atoms with Gasteiger partial charge < -0.3 is 10.7 Å². The molecule has 3 N–H and O–H groups in total. The van der Waals surface area contributed by atoms with Gasteiger partial charge in [-0.25, -0.2) is 0 Å². The van der Waals surface area contributed by atoms with E-state index in [-0.39, 0.29) is 6.04 Å². The molecule has 1 atom stereocenters. The van der Waals surface area contributed by atoms with Crippen molar-refractivity contribution in [3.63, 3.8) is 0 Å². The van der Waals surface area contributed by atoms with Crippen LogP contribution in [0.4, 0.5) is 0 Å². The Balaban J connectivity index is 2.31. The van der Waals surface area contributed by atoms with Gasteiger partial charge in [-0.1, -0.05) is 30.4 Å². The number of H-pyrrole nitrogens is 1. The highest BCUT2D eigenvalue weighted by molar-refractivity contribution is 5.94. The molecule has 0 radical (unpaired) electrons. The van der Waals surface area contributed by atoms with Crippen molar-refractivity contribution in [2.24, 2.45) is 5.73 Å². The Kier molecular flexibility index (Phi) is 1.98. The van der Waals surface area contributed by atoms with Gasteiger partial charge in [-0.15, -0.1) is 0 Å². The summed E-state index contributed by atoms with van der Waals surface area (Å²) < 4.78 is 0. The number of nitrogens with two attached hydrogens (primary N) is 1. The third-order valence-corrected chi connectivity index (χ3v) is 2.99. The third-order valence-electron chi connectivity index (χ3n) is 2.99. The summed E-state index contributed by atoms with van der Waals surface area (Å²) in [6.45, 7) is 2.10. The van der Waals surface area contributed by atoms with Crippen molar-refractivity contribution in [1.82, 2.24) is 4.98 Å². The molecule has 1 heterocycles. The van der Waals surface area contributed by atoms with Gasteiger partial charge in [0.05, 0.1) is 0 Å². The highest BCUT2D eigenvalue weighted by Crippen LogP contribution is 2.27. The summed E-state index contributed by atoms with van der Waals surface area (Å²) in [5.41, 5.74) is 10.7. The summed E-state index contributed by atoms with van der Waals surface area (Å²) in [6.07, 6.45) is 8.20. The number of hydrogen-bond donors (Lipinski definition) is 2. The molecule has 1 aromatic carbocycles. The Morgan fingerprint density at radius 2 is 2.00 bits per heavy atom. The lowest BCUT2D eigenvalue weighted by Crippen LogP contribution is -2.11. The number of hydrogen-bond acceptors (Lipinski definition) is 1. The minimum absolute atomic E-state index is 0.0151. The quantitative estimate of drug-likeness (QED) is 0.689. The van der Waals surface area contributed by atoms with Crippen LogP contribution in [0.5, 0.6) is 0 Å². The van der Waals surface area contributed by atoms with Gasteiger partial charge in [-0.3, -0.25) is 0 Å². The van der Waals surface area contributed by atoms with Crippen molar-refractivity contribution < 1.29 is 0 Å². The predicted octanol–water partition coefficient (Wildman–Crippen LogP) is 2.84. The number of benzene rings is 1. The number of aromatic amines is 1. The van der Waals surface area contributed by atoms with E-state index < -0.39 is 0 Å². The minimum Gasteiger partial charge on any atom is -0.355 e. The van der Waals surface area contributed by atoms with Crippen molar-refractivity contribution in [1.29, 1.82) is 0 Å². The van der Waals surface area contributed by atoms with Crippen LogP contribution in [0.15, 0.2) is 30.4 Å². The maximum absolute atomic E-state index is 5.85. The highest BCUT2D eigenvalue weighted by atomic mass is 14.7. The van der Waals surface area contributed by atoms with E-state index >= 15 is 0 Å². The molecule has 0 amide bonds. The van der Waals surface area contributed by atoms with Crippen LogP contribution < -0.4 is 5.73 Å². The molecule has 1 aromatic heterocycles. The van der Waals surface area contributed by atoms with E-state index in [9.17, 15) is 0 Å². The van der Waals surface area contributed by atoms with E-state index in [0.29, 0.717) is 0 Å². The molecule has 0 spiro atoms. The zero-order valence-electron chi connectivity index (χ0n) is 9.20. The van der Waals surface area contributed by atoms with Crippen molar-refractivity contribution >= 4 is 23.1 Å². The van der Waals surface area contributed by atoms with Crippen LogP contribution in [-0.2, 0) is 0 Å². The summed E-state index contributed by atoms with van der Waals surface area (Å²) in [4.78, 5) is 3.42. The number of aromatic nitrogens is 1. The average molecular weight is 210 g/mol. The molecule has 1 unspecified atom stereocenters. The normalized spacial score (nSPS) is 18.8. The lowest BCUT2D eigenvalue weighted by Gasteiger charge is -1.95. The van der Waals surface area contributed by atoms with Gasteiger partial charge in [0.1, 0.15) is 0 Å². The first kappa shape index (κ1) is 9.43. The maximum atomic E-state index is 5.85. The first-order valence-corrected chi connectivity index (χ1v) is 5.48. The van der Waals surface area contributed by atoms with Gasteiger partial charge >= 0.3 is 0 Å². The Bertz CT molecular complexity index is 602. The second kappa shape index (κ2) is 3.35. The summed E-state index contributed by atoms with van der Waals surface area (Å²) in [7, 11) is 0. The third kappa shape index (κ3) is 1.39. The lowest BCUT2D eigenvalue weighted by molar-refractivity contribution is 1.04. The molecular formula is C14H14N2. The van der Waals surface area contributed by atoms with Crippen LogP contribution >= 0.6 is 0 Å². The standard InChI is InChI=1S/C14H14N2/c1-9-2-5-12-11-6-3-10(15)4-7-13(11)16-14(12)8-9/h2-8,10,16H,15H2,1H3. The largest absolute Gasteiger partial charge is 0.355 e. The zero-order chi connectivity index (χ0) is 11.1. The number of fused-ring (bicyclic) bond motifs is 3. The first-order chi connectivity index (χ1) is 7.74. The van der Waals surface area contributed by atoms with Crippen LogP contribution in [0, 0.1) is 6.92 Å². The van der Waals surface area contributed by atoms with Crippen LogP contribution in [0.1, 0.15) is 16.8 Å². The molecule has 1 aliphatic carbocycles. The smallest absolute Gasteiger partial charge is 0.0467 e. The number of rotatable bonds is 0. The van der Waals surface area contributed by atoms with E-state index in [1.54, 1.807) is 0 Å². The highest BCUT2D eigenvalue weighted by Gasteiger charge is 2.09. The summed E-state index contributed by atoms with van der Waals surface area (Å²) >= 11 is 0. The Morgan fingerprint density at radius 1 is 1.19 bits per heavy atom. The summed E-state index contributed by atoms with van der Waals surface area (Å²) in [6, 6.07) is 6.49. The Morgan fingerprint density at radius 3 is 2.88 bits per heavy atom. The monoisotopic (exact) mass is 210 g/mol. The molecule has 2 aromatic rings. The van der Waals surface area contributed by atoms with Crippen molar-refractivity contribution in [3.8, 4) is 0 Å². The van der Waals surface area contributed by atoms with Gasteiger partial charge in [-0.05, 0) is 24.6 Å². The Hall–Kier alpha value is -1.80. The molecule has 0 saturated heterocycles. The first-order valence-electron chi connectivity index (χ1n) is 5.48. The number of aryl methyl sites for hydroxylation is 1. The predicted molar refractivity (Wildman–Crippen MR) is 69.1 cm³/mol. The van der Waals surface area contributed by atoms with Crippen LogP contribution in [0.25, 0.3) is 23.1 Å². The molecule has 2 heteroatoms. The van der Waals surface area contributed by atoms with Crippen LogP contribution in [-0.4, -0.2) is 11.0 Å². The fraction of sp³-hybridized carbons (Fsp3) is 0.143. The second-order valence-corrected chi connectivity index (χ2v) is 4.30. The summed E-state index contributed by atoms with van der Waals surface area (Å²) in [5.74, 6) is 0. The molecule has 0 fully saturated rings. The molecule has 80 valence electrons. The fourth-order valence-electron chi connectivity index (χ4n) is 2.14. The molecule has 16 heavy (non-hydrogen) atoms. The fourth-order valence-corrected chi connectivity index (χ4v) is 2.14. The number of nitrogens with one attached hydrogen (secondary N) is 1. The molecule has 0 aliphatic heterocycles. The molecule has 0 saturated carbocycles. The van der Waals surface area contributed by atoms with Gasteiger partial charge in [-0.2, -0.15) is 0 Å².